The van der Waals surface area contributed by atoms with E-state index in [1.807, 2.05) is 6.07 Å². The van der Waals surface area contributed by atoms with Crippen molar-refractivity contribution < 1.29 is 9.52 Å². The van der Waals surface area contributed by atoms with Crippen LogP contribution in [0.3, 0.4) is 0 Å². The van der Waals surface area contributed by atoms with Gasteiger partial charge in [0, 0.05) is 12.1 Å². The molecule has 0 bridgehead atoms. The Morgan fingerprint density at radius 3 is 3.40 bits per heavy atom. The first-order valence-corrected chi connectivity index (χ1v) is 3.33. The summed E-state index contributed by atoms with van der Waals surface area (Å²) in [7, 11) is 0. The summed E-state index contributed by atoms with van der Waals surface area (Å²) in [6, 6.07) is 1.82. The van der Waals surface area contributed by atoms with E-state index in [2.05, 4.69) is 5.32 Å². The van der Waals surface area contributed by atoms with Crippen molar-refractivity contribution >= 4 is 0 Å². The van der Waals surface area contributed by atoms with Gasteiger partial charge in [-0.1, -0.05) is 0 Å². The molecule has 0 radical (unpaired) electrons. The second kappa shape index (κ2) is 2.11. The molecule has 1 atom stereocenters. The monoisotopic (exact) mass is 139 g/mol. The molecular formula is C7H9NO2. The van der Waals surface area contributed by atoms with E-state index in [9.17, 15) is 5.11 Å². The third-order valence-electron chi connectivity index (χ3n) is 1.76. The second-order valence-electron chi connectivity index (χ2n) is 2.45. The van der Waals surface area contributed by atoms with Crippen molar-refractivity contribution in [2.45, 2.75) is 12.6 Å². The van der Waals surface area contributed by atoms with E-state index in [-0.39, 0.29) is 6.10 Å². The highest BCUT2D eigenvalue weighted by Gasteiger charge is 2.18. The smallest absolute Gasteiger partial charge is 0.123 e. The summed E-state index contributed by atoms with van der Waals surface area (Å²) in [4.78, 5) is 0. The maximum atomic E-state index is 9.33. The fourth-order valence-corrected chi connectivity index (χ4v) is 1.22. The standard InChI is InChI=1S/C7H9NO2/c9-6-3-8-4-7-5(6)1-2-10-7/h1-2,6,8-9H,3-4H2. The molecule has 2 heterocycles. The van der Waals surface area contributed by atoms with Crippen molar-refractivity contribution in [1.82, 2.24) is 5.32 Å². The number of β-amino-alcohol motifs (C(OH)–C–C–N with tert-alkyl or cyclic N) is 1. The highest BCUT2D eigenvalue weighted by atomic mass is 16.3. The van der Waals surface area contributed by atoms with Gasteiger partial charge in [-0.25, -0.2) is 0 Å². The molecule has 0 spiro atoms. The molecule has 54 valence electrons. The zero-order valence-electron chi connectivity index (χ0n) is 5.50. The molecule has 0 saturated carbocycles. The van der Waals surface area contributed by atoms with Crippen LogP contribution >= 0.6 is 0 Å². The number of fused-ring (bicyclic) bond motifs is 1. The average Bonchev–Trinajstić information content (AvgIpc) is 2.36. The lowest BCUT2D eigenvalue weighted by Gasteiger charge is -2.16. The highest BCUT2D eigenvalue weighted by molar-refractivity contribution is 5.22. The number of rotatable bonds is 0. The zero-order valence-corrected chi connectivity index (χ0v) is 5.50. The Morgan fingerprint density at radius 1 is 1.70 bits per heavy atom. The fraction of sp³-hybridized carbons (Fsp3) is 0.429. The van der Waals surface area contributed by atoms with Gasteiger partial charge in [-0.05, 0) is 6.07 Å². The van der Waals surface area contributed by atoms with E-state index in [0.29, 0.717) is 6.54 Å². The number of aliphatic hydroxyl groups excluding tert-OH is 1. The molecule has 10 heavy (non-hydrogen) atoms. The number of hydrogen-bond donors (Lipinski definition) is 2. The Labute approximate surface area is 58.7 Å². The van der Waals surface area contributed by atoms with Crippen LogP contribution in [0.5, 0.6) is 0 Å². The summed E-state index contributed by atoms with van der Waals surface area (Å²) in [5.74, 6) is 0.860. The van der Waals surface area contributed by atoms with Crippen LogP contribution in [-0.2, 0) is 6.54 Å². The maximum absolute atomic E-state index is 9.33. The molecule has 0 amide bonds. The van der Waals surface area contributed by atoms with Gasteiger partial charge >= 0.3 is 0 Å². The molecule has 3 heteroatoms. The van der Waals surface area contributed by atoms with Gasteiger partial charge in [0.2, 0.25) is 0 Å². The zero-order chi connectivity index (χ0) is 6.97. The summed E-state index contributed by atoms with van der Waals surface area (Å²) in [5.41, 5.74) is 0.929. The van der Waals surface area contributed by atoms with E-state index in [1.54, 1.807) is 6.26 Å². The minimum Gasteiger partial charge on any atom is -0.468 e. The van der Waals surface area contributed by atoms with E-state index >= 15 is 0 Å². The lowest BCUT2D eigenvalue weighted by Crippen LogP contribution is -2.26. The van der Waals surface area contributed by atoms with Crippen molar-refractivity contribution in [2.24, 2.45) is 0 Å². The van der Waals surface area contributed by atoms with Gasteiger partial charge in [-0.2, -0.15) is 0 Å². The van der Waals surface area contributed by atoms with Crippen LogP contribution in [0, 0.1) is 0 Å². The van der Waals surface area contributed by atoms with E-state index in [1.165, 1.54) is 0 Å². The summed E-state index contributed by atoms with van der Waals surface area (Å²) < 4.78 is 5.10. The molecule has 0 aliphatic carbocycles. The van der Waals surface area contributed by atoms with Crippen molar-refractivity contribution in [3.05, 3.63) is 23.7 Å². The third kappa shape index (κ3) is 0.751. The molecule has 3 nitrogen and oxygen atoms in total. The van der Waals surface area contributed by atoms with Crippen LogP contribution in [0.1, 0.15) is 17.4 Å². The van der Waals surface area contributed by atoms with Crippen LogP contribution < -0.4 is 5.32 Å². The minimum atomic E-state index is -0.387. The van der Waals surface area contributed by atoms with E-state index < -0.39 is 0 Å². The summed E-state index contributed by atoms with van der Waals surface area (Å²) in [5, 5.41) is 12.4. The van der Waals surface area contributed by atoms with Crippen LogP contribution in [0.2, 0.25) is 0 Å². The molecule has 1 aromatic rings. The molecule has 2 N–H and O–H groups in total. The van der Waals surface area contributed by atoms with Gasteiger partial charge in [0.15, 0.2) is 0 Å². The predicted octanol–water partition coefficient (Wildman–Crippen LogP) is 0.416. The molecule has 1 unspecified atom stereocenters. The van der Waals surface area contributed by atoms with Crippen LogP contribution in [0.4, 0.5) is 0 Å². The van der Waals surface area contributed by atoms with E-state index in [4.69, 9.17) is 4.42 Å². The Bertz CT molecular complexity index is 231. The van der Waals surface area contributed by atoms with Gasteiger partial charge < -0.3 is 14.8 Å². The number of furan rings is 1. The largest absolute Gasteiger partial charge is 0.468 e. The van der Waals surface area contributed by atoms with Gasteiger partial charge in [0.05, 0.1) is 18.9 Å². The molecule has 2 rings (SSSR count). The highest BCUT2D eigenvalue weighted by Crippen LogP contribution is 2.21. The maximum Gasteiger partial charge on any atom is 0.123 e. The quantitative estimate of drug-likeness (QED) is 0.547. The third-order valence-corrected chi connectivity index (χ3v) is 1.76. The number of aliphatic hydroxyl groups is 1. The summed E-state index contributed by atoms with van der Waals surface area (Å²) in [6.07, 6.45) is 1.23. The predicted molar refractivity (Wildman–Crippen MR) is 35.4 cm³/mol. The molecule has 0 fully saturated rings. The molecule has 0 saturated heterocycles. The molecule has 1 aliphatic heterocycles. The lowest BCUT2D eigenvalue weighted by molar-refractivity contribution is 0.160. The molecule has 0 aromatic carbocycles. The first-order chi connectivity index (χ1) is 4.88. The van der Waals surface area contributed by atoms with Gasteiger partial charge in [0.25, 0.3) is 0 Å². The first kappa shape index (κ1) is 5.95. The number of hydrogen-bond acceptors (Lipinski definition) is 3. The molecule has 1 aliphatic rings. The Balaban J connectivity index is 2.41. The number of nitrogens with one attached hydrogen (secondary N) is 1. The lowest BCUT2D eigenvalue weighted by atomic mass is 10.1. The van der Waals surface area contributed by atoms with Crippen molar-refractivity contribution in [3.63, 3.8) is 0 Å². The molecule has 1 aromatic heterocycles. The summed E-state index contributed by atoms with van der Waals surface area (Å²) in [6.45, 7) is 1.37. The average molecular weight is 139 g/mol. The first-order valence-electron chi connectivity index (χ1n) is 3.33. The van der Waals surface area contributed by atoms with Crippen molar-refractivity contribution in [1.29, 1.82) is 0 Å². The Hall–Kier alpha value is -0.800. The van der Waals surface area contributed by atoms with Crippen LogP contribution in [-0.4, -0.2) is 11.7 Å². The van der Waals surface area contributed by atoms with Gasteiger partial charge in [-0.3, -0.25) is 0 Å². The van der Waals surface area contributed by atoms with Crippen LogP contribution in [0.25, 0.3) is 0 Å². The van der Waals surface area contributed by atoms with Gasteiger partial charge in [-0.15, -0.1) is 0 Å². The fourth-order valence-electron chi connectivity index (χ4n) is 1.22. The van der Waals surface area contributed by atoms with Crippen molar-refractivity contribution in [3.8, 4) is 0 Å². The van der Waals surface area contributed by atoms with Crippen molar-refractivity contribution in [2.75, 3.05) is 6.54 Å². The Morgan fingerprint density at radius 2 is 2.60 bits per heavy atom. The summed E-state index contributed by atoms with van der Waals surface area (Å²) >= 11 is 0. The van der Waals surface area contributed by atoms with Gasteiger partial charge in [0.1, 0.15) is 5.76 Å². The minimum absolute atomic E-state index is 0.387. The molecular weight excluding hydrogens is 130 g/mol. The Kier molecular flexibility index (Phi) is 1.25. The second-order valence-corrected chi connectivity index (χ2v) is 2.45. The topological polar surface area (TPSA) is 45.4 Å². The normalized spacial score (nSPS) is 24.3. The SMILES string of the molecule is OC1CNCc2occc21. The van der Waals surface area contributed by atoms with Crippen LogP contribution in [0.15, 0.2) is 16.7 Å². The van der Waals surface area contributed by atoms with E-state index in [0.717, 1.165) is 17.9 Å².